The largest absolute Gasteiger partial charge is 0.339 e. The highest BCUT2D eigenvalue weighted by Crippen LogP contribution is 2.41. The average Bonchev–Trinajstić information content (AvgIpc) is 2.78. The molecule has 2 rings (SSSR count). The molecule has 0 aliphatic heterocycles. The van der Waals surface area contributed by atoms with Gasteiger partial charge in [-0.15, -0.1) is 0 Å². The van der Waals surface area contributed by atoms with Crippen molar-refractivity contribution in [2.45, 2.75) is 58.3 Å². The Morgan fingerprint density at radius 3 is 2.72 bits per heavy atom. The van der Waals surface area contributed by atoms with E-state index in [1.165, 1.54) is 25.7 Å². The number of nitrogens with zero attached hydrogens (tertiary/aromatic N) is 2. The van der Waals surface area contributed by atoms with Gasteiger partial charge in [-0.25, -0.2) is 0 Å². The van der Waals surface area contributed by atoms with Gasteiger partial charge in [-0.3, -0.25) is 0 Å². The highest BCUT2D eigenvalue weighted by molar-refractivity contribution is 4.99. The molecule has 0 spiro atoms. The molecule has 1 N–H and O–H groups in total. The van der Waals surface area contributed by atoms with Crippen molar-refractivity contribution in [1.82, 2.24) is 15.5 Å². The number of hydrogen-bond donors (Lipinski definition) is 1. The van der Waals surface area contributed by atoms with Gasteiger partial charge in [0.25, 0.3) is 0 Å². The first-order valence-electron chi connectivity index (χ1n) is 7.08. The number of rotatable bonds is 5. The summed E-state index contributed by atoms with van der Waals surface area (Å²) in [5.41, 5.74) is 0.496. The number of nitrogens with one attached hydrogen (secondary N) is 1. The minimum atomic E-state index is 0.496. The van der Waals surface area contributed by atoms with E-state index >= 15 is 0 Å². The topological polar surface area (TPSA) is 51.0 Å². The number of hydrogen-bond acceptors (Lipinski definition) is 4. The quantitative estimate of drug-likeness (QED) is 0.818. The summed E-state index contributed by atoms with van der Waals surface area (Å²) in [7, 11) is 1.96. The second kappa shape index (κ2) is 5.83. The monoisotopic (exact) mass is 251 g/mol. The van der Waals surface area contributed by atoms with Crippen molar-refractivity contribution in [3.63, 3.8) is 0 Å². The molecule has 0 aromatic carbocycles. The Labute approximate surface area is 110 Å². The van der Waals surface area contributed by atoms with Crippen LogP contribution in [0.5, 0.6) is 0 Å². The van der Waals surface area contributed by atoms with Crippen LogP contribution in [0.1, 0.15) is 63.6 Å². The van der Waals surface area contributed by atoms with Gasteiger partial charge in [-0.05, 0) is 51.1 Å². The van der Waals surface area contributed by atoms with Gasteiger partial charge in [0.15, 0.2) is 5.82 Å². The molecular weight excluding hydrogens is 226 g/mol. The van der Waals surface area contributed by atoms with Crippen LogP contribution in [0, 0.1) is 5.41 Å². The normalized spacial score (nSPS) is 20.2. The molecule has 1 heterocycles. The van der Waals surface area contributed by atoms with E-state index in [9.17, 15) is 0 Å². The van der Waals surface area contributed by atoms with Gasteiger partial charge in [-0.1, -0.05) is 19.0 Å². The lowest BCUT2D eigenvalue weighted by molar-refractivity contribution is 0.218. The molecule has 4 nitrogen and oxygen atoms in total. The molecule has 0 unspecified atom stereocenters. The Balaban J connectivity index is 1.86. The van der Waals surface area contributed by atoms with Gasteiger partial charge in [-0.2, -0.15) is 4.98 Å². The summed E-state index contributed by atoms with van der Waals surface area (Å²) in [6.07, 6.45) is 6.86. The molecule has 1 saturated carbocycles. The number of aryl methyl sites for hydroxylation is 1. The third-order valence-electron chi connectivity index (χ3n) is 4.01. The molecule has 0 bridgehead atoms. The minimum Gasteiger partial charge on any atom is -0.339 e. The number of aromatic nitrogens is 2. The van der Waals surface area contributed by atoms with E-state index in [0.717, 1.165) is 31.1 Å². The van der Waals surface area contributed by atoms with Gasteiger partial charge in [0.05, 0.1) is 0 Å². The van der Waals surface area contributed by atoms with E-state index in [-0.39, 0.29) is 0 Å². The second-order valence-electron chi connectivity index (χ2n) is 6.19. The average molecular weight is 251 g/mol. The first-order chi connectivity index (χ1) is 8.61. The summed E-state index contributed by atoms with van der Waals surface area (Å²) in [6, 6.07) is 0. The molecule has 0 saturated heterocycles. The summed E-state index contributed by atoms with van der Waals surface area (Å²) < 4.78 is 5.33. The summed E-state index contributed by atoms with van der Waals surface area (Å²) in [5.74, 6) is 2.25. The zero-order chi connectivity index (χ0) is 13.0. The molecule has 1 aromatic rings. The van der Waals surface area contributed by atoms with Crippen LogP contribution in [0.4, 0.5) is 0 Å². The maximum absolute atomic E-state index is 5.33. The Hall–Kier alpha value is -0.900. The second-order valence-corrected chi connectivity index (χ2v) is 6.19. The van der Waals surface area contributed by atoms with Crippen molar-refractivity contribution < 1.29 is 4.52 Å². The molecular formula is C14H25N3O. The summed E-state index contributed by atoms with van der Waals surface area (Å²) >= 11 is 0. The summed E-state index contributed by atoms with van der Waals surface area (Å²) in [6.45, 7) is 5.70. The predicted molar refractivity (Wildman–Crippen MR) is 71.5 cm³/mol. The highest BCUT2D eigenvalue weighted by Gasteiger charge is 2.29. The highest BCUT2D eigenvalue weighted by atomic mass is 16.5. The van der Waals surface area contributed by atoms with E-state index in [1.54, 1.807) is 0 Å². The standard InChI is InChI=1S/C14H25N3O/c1-14(2)8-6-11(7-9-14)13-16-12(18-17-13)5-4-10-15-3/h11,15H,4-10H2,1-3H3. The van der Waals surface area contributed by atoms with Crippen molar-refractivity contribution in [1.29, 1.82) is 0 Å². The lowest BCUT2D eigenvalue weighted by Gasteiger charge is -2.32. The first kappa shape index (κ1) is 13.5. The van der Waals surface area contributed by atoms with E-state index in [2.05, 4.69) is 29.3 Å². The molecule has 102 valence electrons. The van der Waals surface area contributed by atoms with Crippen LogP contribution in [0.2, 0.25) is 0 Å². The van der Waals surface area contributed by atoms with Gasteiger partial charge in [0.1, 0.15) is 0 Å². The summed E-state index contributed by atoms with van der Waals surface area (Å²) in [5, 5.41) is 7.29. The van der Waals surface area contributed by atoms with Crippen LogP contribution in [0.3, 0.4) is 0 Å². The van der Waals surface area contributed by atoms with Crippen LogP contribution in [0.15, 0.2) is 4.52 Å². The van der Waals surface area contributed by atoms with E-state index < -0.39 is 0 Å². The smallest absolute Gasteiger partial charge is 0.226 e. The van der Waals surface area contributed by atoms with Gasteiger partial charge >= 0.3 is 0 Å². The lowest BCUT2D eigenvalue weighted by Crippen LogP contribution is -2.20. The van der Waals surface area contributed by atoms with E-state index in [4.69, 9.17) is 4.52 Å². The van der Waals surface area contributed by atoms with Gasteiger partial charge in [0.2, 0.25) is 5.89 Å². The van der Waals surface area contributed by atoms with Crippen LogP contribution in [0.25, 0.3) is 0 Å². The van der Waals surface area contributed by atoms with Crippen molar-refractivity contribution in [3.8, 4) is 0 Å². The van der Waals surface area contributed by atoms with Crippen molar-refractivity contribution in [2.24, 2.45) is 5.41 Å². The Bertz CT molecular complexity index is 363. The zero-order valence-corrected chi connectivity index (χ0v) is 11.8. The van der Waals surface area contributed by atoms with Gasteiger partial charge in [0, 0.05) is 12.3 Å². The van der Waals surface area contributed by atoms with E-state index in [0.29, 0.717) is 11.3 Å². The molecule has 1 aliphatic rings. The molecule has 0 amide bonds. The molecule has 1 fully saturated rings. The van der Waals surface area contributed by atoms with Crippen LogP contribution >= 0.6 is 0 Å². The predicted octanol–water partition coefficient (Wildman–Crippen LogP) is 2.91. The maximum atomic E-state index is 5.33. The van der Waals surface area contributed by atoms with Crippen molar-refractivity contribution >= 4 is 0 Å². The van der Waals surface area contributed by atoms with Crippen molar-refractivity contribution in [2.75, 3.05) is 13.6 Å². The van der Waals surface area contributed by atoms with Crippen molar-refractivity contribution in [3.05, 3.63) is 11.7 Å². The van der Waals surface area contributed by atoms with Crippen LogP contribution in [-0.2, 0) is 6.42 Å². The minimum absolute atomic E-state index is 0.496. The Kier molecular flexibility index (Phi) is 4.38. The lowest BCUT2D eigenvalue weighted by atomic mass is 9.73. The van der Waals surface area contributed by atoms with Gasteiger partial charge < -0.3 is 9.84 Å². The molecule has 0 radical (unpaired) electrons. The molecule has 18 heavy (non-hydrogen) atoms. The summed E-state index contributed by atoms with van der Waals surface area (Å²) in [4.78, 5) is 4.55. The third-order valence-corrected chi connectivity index (χ3v) is 4.01. The maximum Gasteiger partial charge on any atom is 0.226 e. The zero-order valence-electron chi connectivity index (χ0n) is 11.8. The Morgan fingerprint density at radius 1 is 1.33 bits per heavy atom. The SMILES string of the molecule is CNCCCc1nc(C2CCC(C)(C)CC2)no1. The molecule has 0 atom stereocenters. The third kappa shape index (κ3) is 3.55. The fraction of sp³-hybridized carbons (Fsp3) is 0.857. The fourth-order valence-electron chi connectivity index (χ4n) is 2.61. The molecule has 1 aliphatic carbocycles. The van der Waals surface area contributed by atoms with Crippen LogP contribution < -0.4 is 5.32 Å². The first-order valence-corrected chi connectivity index (χ1v) is 7.08. The molecule has 1 aromatic heterocycles. The molecule has 4 heteroatoms. The van der Waals surface area contributed by atoms with E-state index in [1.807, 2.05) is 7.05 Å². The van der Waals surface area contributed by atoms with Crippen LogP contribution in [-0.4, -0.2) is 23.7 Å². The Morgan fingerprint density at radius 2 is 2.06 bits per heavy atom. The fourth-order valence-corrected chi connectivity index (χ4v) is 2.61.